The van der Waals surface area contributed by atoms with Crippen molar-refractivity contribution in [3.05, 3.63) is 35.9 Å². The van der Waals surface area contributed by atoms with Crippen LogP contribution in [0.5, 0.6) is 0 Å². The summed E-state index contributed by atoms with van der Waals surface area (Å²) in [5, 5.41) is 5.71. The van der Waals surface area contributed by atoms with Crippen LogP contribution in [0, 0.1) is 0 Å². The van der Waals surface area contributed by atoms with E-state index in [1.165, 1.54) is 5.56 Å². The third kappa shape index (κ3) is 5.15. The van der Waals surface area contributed by atoms with E-state index >= 15 is 0 Å². The molecule has 0 aliphatic carbocycles. The molecule has 22 heavy (non-hydrogen) atoms. The number of nitrogens with zero attached hydrogens (tertiary/aromatic N) is 1. The van der Waals surface area contributed by atoms with Crippen molar-refractivity contribution < 1.29 is 9.59 Å². The average molecular weight is 303 g/mol. The van der Waals surface area contributed by atoms with E-state index in [1.807, 2.05) is 25.1 Å². The number of benzene rings is 1. The molecule has 0 spiro atoms. The van der Waals surface area contributed by atoms with Gasteiger partial charge in [0.15, 0.2) is 0 Å². The molecule has 1 atom stereocenters. The largest absolute Gasteiger partial charge is 0.354 e. The van der Waals surface area contributed by atoms with Gasteiger partial charge >= 0.3 is 0 Å². The lowest BCUT2D eigenvalue weighted by molar-refractivity contribution is -0.129. The topological polar surface area (TPSA) is 61.4 Å². The Balaban J connectivity index is 1.84. The molecule has 1 aromatic rings. The van der Waals surface area contributed by atoms with Crippen molar-refractivity contribution in [3.8, 4) is 0 Å². The summed E-state index contributed by atoms with van der Waals surface area (Å²) < 4.78 is 0. The smallest absolute Gasteiger partial charge is 0.242 e. The zero-order valence-electron chi connectivity index (χ0n) is 13.2. The second-order valence-corrected chi connectivity index (χ2v) is 5.70. The van der Waals surface area contributed by atoms with Crippen LogP contribution in [0.2, 0.25) is 0 Å². The molecule has 1 aliphatic rings. The summed E-state index contributed by atoms with van der Waals surface area (Å²) in [4.78, 5) is 26.1. The van der Waals surface area contributed by atoms with Gasteiger partial charge in [0, 0.05) is 13.1 Å². The summed E-state index contributed by atoms with van der Waals surface area (Å²) in [5.41, 5.74) is 1.18. The van der Waals surface area contributed by atoms with E-state index in [0.29, 0.717) is 13.1 Å². The number of nitrogens with one attached hydrogen (secondary N) is 2. The summed E-state index contributed by atoms with van der Waals surface area (Å²) in [6, 6.07) is 9.71. The highest BCUT2D eigenvalue weighted by Gasteiger charge is 2.22. The molecule has 120 valence electrons. The van der Waals surface area contributed by atoms with Crippen molar-refractivity contribution in [2.45, 2.75) is 38.8 Å². The molecule has 2 amide bonds. The van der Waals surface area contributed by atoms with E-state index in [0.717, 1.165) is 32.4 Å². The number of carbonyl (C=O) groups is 2. The second-order valence-electron chi connectivity index (χ2n) is 5.70. The Hall–Kier alpha value is -1.88. The second kappa shape index (κ2) is 8.54. The van der Waals surface area contributed by atoms with Gasteiger partial charge in [0.05, 0.1) is 6.54 Å². The van der Waals surface area contributed by atoms with Gasteiger partial charge in [0.25, 0.3) is 0 Å². The van der Waals surface area contributed by atoms with E-state index < -0.39 is 0 Å². The van der Waals surface area contributed by atoms with Gasteiger partial charge < -0.3 is 10.6 Å². The Bertz CT molecular complexity index is 490. The molecule has 1 aromatic carbocycles. The molecular weight excluding hydrogens is 278 g/mol. The van der Waals surface area contributed by atoms with E-state index in [9.17, 15) is 9.59 Å². The lowest BCUT2D eigenvalue weighted by Crippen LogP contribution is -2.48. The fourth-order valence-electron chi connectivity index (χ4n) is 2.64. The van der Waals surface area contributed by atoms with E-state index in [2.05, 4.69) is 27.7 Å². The predicted octanol–water partition coefficient (Wildman–Crippen LogP) is 1.29. The van der Waals surface area contributed by atoms with Crippen LogP contribution in [0.25, 0.3) is 0 Å². The Morgan fingerprint density at radius 2 is 2.09 bits per heavy atom. The third-order valence-electron chi connectivity index (χ3n) is 3.93. The van der Waals surface area contributed by atoms with Gasteiger partial charge in [-0.15, -0.1) is 0 Å². The monoisotopic (exact) mass is 303 g/mol. The molecule has 0 radical (unpaired) electrons. The number of hydrogen-bond donors (Lipinski definition) is 2. The SMILES string of the molecule is CCN(CC(=O)NC1CCCCNC1=O)Cc1ccccc1. The Morgan fingerprint density at radius 1 is 1.32 bits per heavy atom. The van der Waals surface area contributed by atoms with Crippen molar-refractivity contribution in [1.82, 2.24) is 15.5 Å². The normalized spacial score (nSPS) is 18.6. The van der Waals surface area contributed by atoms with Crippen molar-refractivity contribution >= 4 is 11.8 Å². The molecule has 1 fully saturated rings. The van der Waals surface area contributed by atoms with Gasteiger partial charge in [-0.3, -0.25) is 14.5 Å². The van der Waals surface area contributed by atoms with Gasteiger partial charge in [-0.2, -0.15) is 0 Å². The van der Waals surface area contributed by atoms with Gasteiger partial charge in [0.1, 0.15) is 6.04 Å². The lowest BCUT2D eigenvalue weighted by atomic mass is 10.1. The highest BCUT2D eigenvalue weighted by atomic mass is 16.2. The van der Waals surface area contributed by atoms with Crippen LogP contribution in [0.3, 0.4) is 0 Å². The lowest BCUT2D eigenvalue weighted by Gasteiger charge is -2.22. The van der Waals surface area contributed by atoms with E-state index in [-0.39, 0.29) is 17.9 Å². The van der Waals surface area contributed by atoms with E-state index in [1.54, 1.807) is 0 Å². The Labute approximate surface area is 132 Å². The van der Waals surface area contributed by atoms with Crippen LogP contribution in [-0.4, -0.2) is 42.4 Å². The van der Waals surface area contributed by atoms with Crippen LogP contribution >= 0.6 is 0 Å². The minimum Gasteiger partial charge on any atom is -0.354 e. The van der Waals surface area contributed by atoms with Crippen LogP contribution in [0.15, 0.2) is 30.3 Å². The third-order valence-corrected chi connectivity index (χ3v) is 3.93. The number of amides is 2. The molecule has 0 saturated carbocycles. The van der Waals surface area contributed by atoms with Crippen molar-refractivity contribution in [2.75, 3.05) is 19.6 Å². The molecule has 1 aliphatic heterocycles. The molecule has 1 saturated heterocycles. The molecule has 0 aromatic heterocycles. The molecule has 1 unspecified atom stereocenters. The first-order valence-electron chi connectivity index (χ1n) is 8.02. The summed E-state index contributed by atoms with van der Waals surface area (Å²) in [5.74, 6) is -0.142. The minimum atomic E-state index is -0.384. The predicted molar refractivity (Wildman–Crippen MR) is 86.2 cm³/mol. The fraction of sp³-hybridized carbons (Fsp3) is 0.529. The van der Waals surface area contributed by atoms with Gasteiger partial charge in [-0.05, 0) is 31.4 Å². The molecule has 2 rings (SSSR count). The molecule has 0 bridgehead atoms. The van der Waals surface area contributed by atoms with E-state index in [4.69, 9.17) is 0 Å². The summed E-state index contributed by atoms with van der Waals surface area (Å²) in [6.45, 7) is 4.59. The highest BCUT2D eigenvalue weighted by Crippen LogP contribution is 2.06. The van der Waals surface area contributed by atoms with Crippen LogP contribution in [0.4, 0.5) is 0 Å². The molecule has 2 N–H and O–H groups in total. The van der Waals surface area contributed by atoms with Crippen LogP contribution < -0.4 is 10.6 Å². The Kier molecular flexibility index (Phi) is 6.40. The summed E-state index contributed by atoms with van der Waals surface area (Å²) >= 11 is 0. The standard InChI is InChI=1S/C17H25N3O2/c1-2-20(12-14-8-4-3-5-9-14)13-16(21)19-15-10-6-7-11-18-17(15)22/h3-5,8-9,15H,2,6-7,10-13H2,1H3,(H,18,22)(H,19,21). The highest BCUT2D eigenvalue weighted by molar-refractivity contribution is 5.88. The van der Waals surface area contributed by atoms with Gasteiger partial charge in [0.2, 0.25) is 11.8 Å². The fourth-order valence-corrected chi connectivity index (χ4v) is 2.64. The summed E-state index contributed by atoms with van der Waals surface area (Å²) in [6.07, 6.45) is 2.67. The van der Waals surface area contributed by atoms with Crippen LogP contribution in [-0.2, 0) is 16.1 Å². The average Bonchev–Trinajstić information content (AvgIpc) is 2.72. The summed E-state index contributed by atoms with van der Waals surface area (Å²) in [7, 11) is 0. The molecule has 5 nitrogen and oxygen atoms in total. The maximum atomic E-state index is 12.2. The van der Waals surface area contributed by atoms with Gasteiger partial charge in [-0.25, -0.2) is 0 Å². The first-order chi connectivity index (χ1) is 10.7. The van der Waals surface area contributed by atoms with Gasteiger partial charge in [-0.1, -0.05) is 37.3 Å². The Morgan fingerprint density at radius 3 is 2.82 bits per heavy atom. The zero-order valence-corrected chi connectivity index (χ0v) is 13.2. The molecular formula is C17H25N3O2. The maximum Gasteiger partial charge on any atom is 0.242 e. The molecule has 5 heteroatoms. The zero-order chi connectivity index (χ0) is 15.8. The molecule has 1 heterocycles. The number of hydrogen-bond acceptors (Lipinski definition) is 3. The quantitative estimate of drug-likeness (QED) is 0.832. The minimum absolute atomic E-state index is 0.0584. The number of rotatable bonds is 6. The van der Waals surface area contributed by atoms with Crippen LogP contribution in [0.1, 0.15) is 31.7 Å². The van der Waals surface area contributed by atoms with Crippen molar-refractivity contribution in [1.29, 1.82) is 0 Å². The van der Waals surface area contributed by atoms with Crippen molar-refractivity contribution in [2.24, 2.45) is 0 Å². The first-order valence-corrected chi connectivity index (χ1v) is 8.02. The number of likely N-dealkylation sites (N-methyl/N-ethyl adjacent to an activating group) is 1. The van der Waals surface area contributed by atoms with Crippen molar-refractivity contribution in [3.63, 3.8) is 0 Å². The maximum absolute atomic E-state index is 12.2. The first kappa shape index (κ1) is 16.5. The number of carbonyl (C=O) groups excluding carboxylic acids is 2.